The van der Waals surface area contributed by atoms with Crippen molar-refractivity contribution in [2.24, 2.45) is 0 Å². The Bertz CT molecular complexity index is 937. The number of hydrogen-bond acceptors (Lipinski definition) is 5. The number of aryl methyl sites for hydroxylation is 3. The lowest BCUT2D eigenvalue weighted by Gasteiger charge is -2.35. The monoisotopic (exact) mass is 352 g/mol. The highest BCUT2D eigenvalue weighted by atomic mass is 15.4. The molecule has 26 heavy (non-hydrogen) atoms. The van der Waals surface area contributed by atoms with Gasteiger partial charge in [0.05, 0.1) is 5.39 Å². The van der Waals surface area contributed by atoms with Crippen LogP contribution in [0.15, 0.2) is 12.1 Å². The Labute approximate surface area is 154 Å². The van der Waals surface area contributed by atoms with Crippen LogP contribution in [-0.2, 0) is 6.42 Å². The third kappa shape index (κ3) is 2.92. The fraction of sp³-hybridized carbons (Fsp3) is 0.550. The van der Waals surface area contributed by atoms with Crippen molar-refractivity contribution in [1.29, 1.82) is 0 Å². The molecule has 3 aromatic heterocycles. The van der Waals surface area contributed by atoms with E-state index >= 15 is 0 Å². The Morgan fingerprint density at radius 2 is 1.77 bits per heavy atom. The zero-order valence-corrected chi connectivity index (χ0v) is 16.3. The maximum absolute atomic E-state index is 4.95. The van der Waals surface area contributed by atoms with Gasteiger partial charge in [0, 0.05) is 43.6 Å². The third-order valence-corrected chi connectivity index (χ3v) is 5.36. The summed E-state index contributed by atoms with van der Waals surface area (Å²) in [6, 6.07) is 4.35. The van der Waals surface area contributed by atoms with E-state index in [0.717, 1.165) is 79.5 Å². The summed E-state index contributed by atoms with van der Waals surface area (Å²) in [5, 5.41) is 5.93. The van der Waals surface area contributed by atoms with E-state index in [-0.39, 0.29) is 0 Å². The average molecular weight is 352 g/mol. The number of anilines is 1. The molecule has 0 N–H and O–H groups in total. The van der Waals surface area contributed by atoms with Gasteiger partial charge in [-0.3, -0.25) is 0 Å². The van der Waals surface area contributed by atoms with Gasteiger partial charge in [-0.2, -0.15) is 4.52 Å². The Morgan fingerprint density at radius 1 is 1.00 bits per heavy atom. The van der Waals surface area contributed by atoms with E-state index in [1.54, 1.807) is 0 Å². The Hall–Kier alpha value is -2.21. The van der Waals surface area contributed by atoms with Crippen LogP contribution < -0.4 is 4.90 Å². The SMILES string of the molecule is CCCc1cc(N2CCN(CC)CC2)n2nc3nc(C)cc(C)c3c2n1. The van der Waals surface area contributed by atoms with Gasteiger partial charge in [-0.25, -0.2) is 9.97 Å². The van der Waals surface area contributed by atoms with Crippen molar-refractivity contribution < 1.29 is 0 Å². The maximum atomic E-state index is 4.95. The quantitative estimate of drug-likeness (QED) is 0.722. The number of rotatable bonds is 4. The molecule has 6 heteroatoms. The first-order valence-electron chi connectivity index (χ1n) is 9.74. The van der Waals surface area contributed by atoms with Crippen molar-refractivity contribution in [3.8, 4) is 0 Å². The molecule has 0 amide bonds. The molecule has 1 aliphatic heterocycles. The predicted molar refractivity (Wildman–Crippen MR) is 106 cm³/mol. The fourth-order valence-electron chi connectivity index (χ4n) is 3.96. The van der Waals surface area contributed by atoms with Gasteiger partial charge in [-0.1, -0.05) is 20.3 Å². The molecule has 0 aromatic carbocycles. The highest BCUT2D eigenvalue weighted by molar-refractivity contribution is 5.93. The maximum Gasteiger partial charge on any atom is 0.184 e. The molecule has 1 aliphatic rings. The summed E-state index contributed by atoms with van der Waals surface area (Å²) in [6.45, 7) is 14.0. The van der Waals surface area contributed by atoms with Crippen molar-refractivity contribution in [2.45, 2.75) is 40.5 Å². The lowest BCUT2D eigenvalue weighted by Crippen LogP contribution is -2.46. The number of likely N-dealkylation sites (N-methyl/N-ethyl adjacent to an activating group) is 1. The second kappa shape index (κ2) is 6.83. The second-order valence-corrected chi connectivity index (χ2v) is 7.29. The van der Waals surface area contributed by atoms with Gasteiger partial charge in [0.15, 0.2) is 11.3 Å². The highest BCUT2D eigenvalue weighted by Crippen LogP contribution is 2.27. The number of nitrogens with zero attached hydrogens (tertiary/aromatic N) is 6. The van der Waals surface area contributed by atoms with E-state index in [4.69, 9.17) is 10.1 Å². The van der Waals surface area contributed by atoms with Gasteiger partial charge in [0.2, 0.25) is 0 Å². The first-order valence-corrected chi connectivity index (χ1v) is 9.74. The van der Waals surface area contributed by atoms with Crippen molar-refractivity contribution in [3.63, 3.8) is 0 Å². The number of hydrogen-bond donors (Lipinski definition) is 0. The normalized spacial score (nSPS) is 16.1. The Kier molecular flexibility index (Phi) is 4.53. The molecule has 0 radical (unpaired) electrons. The summed E-state index contributed by atoms with van der Waals surface area (Å²) >= 11 is 0. The van der Waals surface area contributed by atoms with E-state index < -0.39 is 0 Å². The van der Waals surface area contributed by atoms with E-state index in [1.807, 2.05) is 11.4 Å². The summed E-state index contributed by atoms with van der Waals surface area (Å²) in [6.07, 6.45) is 2.08. The fourth-order valence-corrected chi connectivity index (χ4v) is 3.96. The van der Waals surface area contributed by atoms with Crippen molar-refractivity contribution in [3.05, 3.63) is 29.1 Å². The van der Waals surface area contributed by atoms with Crippen molar-refractivity contribution >= 4 is 22.5 Å². The van der Waals surface area contributed by atoms with Gasteiger partial charge in [0.25, 0.3) is 0 Å². The van der Waals surface area contributed by atoms with Gasteiger partial charge in [-0.15, -0.1) is 5.10 Å². The summed E-state index contributed by atoms with van der Waals surface area (Å²) < 4.78 is 2.02. The first-order chi connectivity index (χ1) is 12.6. The zero-order valence-electron chi connectivity index (χ0n) is 16.3. The molecule has 4 rings (SSSR count). The second-order valence-electron chi connectivity index (χ2n) is 7.29. The largest absolute Gasteiger partial charge is 0.354 e. The lowest BCUT2D eigenvalue weighted by molar-refractivity contribution is 0.270. The van der Waals surface area contributed by atoms with E-state index in [9.17, 15) is 0 Å². The third-order valence-electron chi connectivity index (χ3n) is 5.36. The first kappa shape index (κ1) is 17.2. The molecule has 0 spiro atoms. The van der Waals surface area contributed by atoms with Crippen LogP contribution in [0.5, 0.6) is 0 Å². The van der Waals surface area contributed by atoms with Gasteiger partial charge >= 0.3 is 0 Å². The molecule has 0 bridgehead atoms. The van der Waals surface area contributed by atoms with E-state index in [0.29, 0.717) is 0 Å². The van der Waals surface area contributed by atoms with Crippen LogP contribution in [0.1, 0.15) is 37.2 Å². The van der Waals surface area contributed by atoms with Crippen LogP contribution in [0.3, 0.4) is 0 Å². The number of pyridine rings is 1. The van der Waals surface area contributed by atoms with Crippen molar-refractivity contribution in [2.75, 3.05) is 37.6 Å². The molecule has 0 atom stereocenters. The molecule has 0 aliphatic carbocycles. The highest BCUT2D eigenvalue weighted by Gasteiger charge is 2.21. The molecule has 1 fully saturated rings. The molecular weight excluding hydrogens is 324 g/mol. The van der Waals surface area contributed by atoms with Gasteiger partial charge in [-0.05, 0) is 38.4 Å². The summed E-state index contributed by atoms with van der Waals surface area (Å²) in [7, 11) is 0. The van der Waals surface area contributed by atoms with E-state index in [2.05, 4.69) is 47.7 Å². The molecule has 0 unspecified atom stereocenters. The number of aromatic nitrogens is 4. The molecule has 6 nitrogen and oxygen atoms in total. The van der Waals surface area contributed by atoms with Gasteiger partial charge < -0.3 is 9.80 Å². The summed E-state index contributed by atoms with van der Waals surface area (Å²) in [4.78, 5) is 14.6. The zero-order chi connectivity index (χ0) is 18.3. The molecular formula is C20H28N6. The van der Waals surface area contributed by atoms with Crippen LogP contribution in [0.25, 0.3) is 16.7 Å². The van der Waals surface area contributed by atoms with Crippen LogP contribution >= 0.6 is 0 Å². The standard InChI is InChI=1S/C20H28N6/c1-5-7-16-13-17(25-10-8-24(6-2)9-11-25)26-20(22-16)18-14(3)12-15(4)21-19(18)23-26/h12-13H,5-11H2,1-4H3. The molecule has 0 saturated carbocycles. The van der Waals surface area contributed by atoms with E-state index in [1.165, 1.54) is 5.56 Å². The molecule has 3 aromatic rings. The average Bonchev–Trinajstić information content (AvgIpc) is 2.99. The minimum atomic E-state index is 0.803. The smallest absolute Gasteiger partial charge is 0.184 e. The number of piperazine rings is 1. The van der Waals surface area contributed by atoms with Crippen molar-refractivity contribution in [1.82, 2.24) is 24.5 Å². The Morgan fingerprint density at radius 3 is 2.46 bits per heavy atom. The lowest BCUT2D eigenvalue weighted by atomic mass is 10.1. The van der Waals surface area contributed by atoms with Crippen LogP contribution in [-0.4, -0.2) is 57.2 Å². The number of fused-ring (bicyclic) bond motifs is 3. The van der Waals surface area contributed by atoms with Crippen LogP contribution in [0.4, 0.5) is 5.82 Å². The molecule has 1 saturated heterocycles. The van der Waals surface area contributed by atoms with Gasteiger partial charge in [0.1, 0.15) is 5.82 Å². The summed E-state index contributed by atoms with van der Waals surface area (Å²) in [5.41, 5.74) is 5.10. The van der Waals surface area contributed by atoms with Crippen LogP contribution in [0, 0.1) is 13.8 Å². The van der Waals surface area contributed by atoms with Crippen LogP contribution in [0.2, 0.25) is 0 Å². The molecule has 138 valence electrons. The minimum absolute atomic E-state index is 0.803. The minimum Gasteiger partial charge on any atom is -0.354 e. The molecule has 4 heterocycles. The predicted octanol–water partition coefficient (Wildman–Crippen LogP) is 2.99. The Balaban J connectivity index is 1.89. The topological polar surface area (TPSA) is 49.6 Å². The summed E-state index contributed by atoms with van der Waals surface area (Å²) in [5.74, 6) is 1.16.